The highest BCUT2D eigenvalue weighted by atomic mass is 19.4. The van der Waals surface area contributed by atoms with Gasteiger partial charge < -0.3 is 10.1 Å². The number of halogens is 6. The number of alkyl halides is 6. The van der Waals surface area contributed by atoms with E-state index in [1.165, 1.54) is 17.4 Å². The first-order valence-corrected chi connectivity index (χ1v) is 6.15. The lowest BCUT2D eigenvalue weighted by Gasteiger charge is -2.20. The van der Waals surface area contributed by atoms with E-state index in [4.69, 9.17) is 0 Å². The summed E-state index contributed by atoms with van der Waals surface area (Å²) in [5, 5.41) is 1.50. The Morgan fingerprint density at radius 3 is 2.04 bits per heavy atom. The average Bonchev–Trinajstić information content (AvgIpc) is 2.43. The molecule has 0 saturated heterocycles. The van der Waals surface area contributed by atoms with Crippen LogP contribution in [-0.4, -0.2) is 36.9 Å². The molecule has 0 aliphatic heterocycles. The van der Waals surface area contributed by atoms with E-state index in [9.17, 15) is 35.9 Å². The Balaban J connectivity index is 2.76. The number of benzene rings is 1. The van der Waals surface area contributed by atoms with Crippen LogP contribution in [0.2, 0.25) is 0 Å². The molecule has 10 heteroatoms. The summed E-state index contributed by atoms with van der Waals surface area (Å²) >= 11 is 0. The SMILES string of the molecule is O=C(NC(COC(=O)C(F)(F)F)Cc1ccccc1)C(F)(F)F. The Hall–Kier alpha value is -2.26. The van der Waals surface area contributed by atoms with E-state index < -0.39 is 36.9 Å². The third-order valence-corrected chi connectivity index (χ3v) is 2.56. The second kappa shape index (κ2) is 7.34. The van der Waals surface area contributed by atoms with Gasteiger partial charge in [-0.1, -0.05) is 30.3 Å². The largest absolute Gasteiger partial charge is 0.490 e. The van der Waals surface area contributed by atoms with Crippen molar-refractivity contribution < 1.29 is 40.7 Å². The van der Waals surface area contributed by atoms with Crippen molar-refractivity contribution in [1.82, 2.24) is 5.32 Å². The van der Waals surface area contributed by atoms with Gasteiger partial charge in [0.15, 0.2) is 0 Å². The third-order valence-electron chi connectivity index (χ3n) is 2.56. The monoisotopic (exact) mass is 343 g/mol. The van der Waals surface area contributed by atoms with Crippen LogP contribution >= 0.6 is 0 Å². The highest BCUT2D eigenvalue weighted by Gasteiger charge is 2.42. The normalized spacial score (nSPS) is 13.3. The van der Waals surface area contributed by atoms with Gasteiger partial charge in [0.25, 0.3) is 0 Å². The highest BCUT2D eigenvalue weighted by molar-refractivity contribution is 5.82. The molecule has 0 aromatic heterocycles. The van der Waals surface area contributed by atoms with E-state index in [2.05, 4.69) is 4.74 Å². The van der Waals surface area contributed by atoms with Crippen molar-refractivity contribution in [3.8, 4) is 0 Å². The van der Waals surface area contributed by atoms with Gasteiger partial charge >= 0.3 is 24.2 Å². The Bertz CT molecular complexity index is 541. The molecule has 0 bridgehead atoms. The van der Waals surface area contributed by atoms with Gasteiger partial charge in [0.1, 0.15) is 6.61 Å². The van der Waals surface area contributed by atoms with E-state index in [-0.39, 0.29) is 6.42 Å². The molecule has 1 amide bonds. The number of carbonyl (C=O) groups excluding carboxylic acids is 2. The maximum atomic E-state index is 12.2. The molecule has 128 valence electrons. The van der Waals surface area contributed by atoms with Crippen LogP contribution in [0.15, 0.2) is 30.3 Å². The fourth-order valence-electron chi connectivity index (χ4n) is 1.58. The number of rotatable bonds is 5. The van der Waals surface area contributed by atoms with E-state index >= 15 is 0 Å². The zero-order chi connectivity index (χ0) is 17.7. The Morgan fingerprint density at radius 1 is 1.00 bits per heavy atom. The summed E-state index contributed by atoms with van der Waals surface area (Å²) in [6.07, 6.45) is -10.7. The van der Waals surface area contributed by atoms with Crippen LogP contribution in [0.25, 0.3) is 0 Å². The van der Waals surface area contributed by atoms with Crippen LogP contribution in [0.4, 0.5) is 26.3 Å². The van der Waals surface area contributed by atoms with Gasteiger partial charge in [0.05, 0.1) is 6.04 Å². The summed E-state index contributed by atoms with van der Waals surface area (Å²) in [4.78, 5) is 21.5. The van der Waals surface area contributed by atoms with Crippen molar-refractivity contribution in [2.45, 2.75) is 24.8 Å². The molecule has 0 heterocycles. The molecule has 1 N–H and O–H groups in total. The lowest BCUT2D eigenvalue weighted by molar-refractivity contribution is -0.200. The van der Waals surface area contributed by atoms with E-state index in [1.54, 1.807) is 18.2 Å². The molecule has 0 fully saturated rings. The second-order valence-electron chi connectivity index (χ2n) is 4.45. The first kappa shape index (κ1) is 18.8. The molecule has 0 aliphatic rings. The van der Waals surface area contributed by atoms with Crippen molar-refractivity contribution in [3.05, 3.63) is 35.9 Å². The first-order valence-electron chi connectivity index (χ1n) is 6.15. The fraction of sp³-hybridized carbons (Fsp3) is 0.385. The first-order chi connectivity index (χ1) is 10.5. The highest BCUT2D eigenvalue weighted by Crippen LogP contribution is 2.18. The minimum absolute atomic E-state index is 0.242. The molecule has 23 heavy (non-hydrogen) atoms. The second-order valence-corrected chi connectivity index (χ2v) is 4.45. The van der Waals surface area contributed by atoms with Crippen LogP contribution in [0.5, 0.6) is 0 Å². The summed E-state index contributed by atoms with van der Waals surface area (Å²) in [6.45, 7) is -1.05. The van der Waals surface area contributed by atoms with Gasteiger partial charge in [0, 0.05) is 0 Å². The molecule has 1 aromatic carbocycles. The summed E-state index contributed by atoms with van der Waals surface area (Å²) in [5.74, 6) is -4.88. The zero-order valence-corrected chi connectivity index (χ0v) is 11.4. The molecule has 0 spiro atoms. The van der Waals surface area contributed by atoms with E-state index in [0.29, 0.717) is 5.56 Å². The molecule has 1 atom stereocenters. The molecular weight excluding hydrogens is 332 g/mol. The topological polar surface area (TPSA) is 55.4 Å². The summed E-state index contributed by atoms with van der Waals surface area (Å²) in [7, 11) is 0. The van der Waals surface area contributed by atoms with Gasteiger partial charge in [-0.2, -0.15) is 26.3 Å². The number of ether oxygens (including phenoxy) is 1. The summed E-state index contributed by atoms with van der Waals surface area (Å²) in [6, 6.07) is 6.27. The smallest absolute Gasteiger partial charge is 0.457 e. The van der Waals surface area contributed by atoms with Crippen LogP contribution < -0.4 is 5.32 Å². The fourth-order valence-corrected chi connectivity index (χ4v) is 1.58. The predicted molar refractivity (Wildman–Crippen MR) is 65.1 cm³/mol. The Labute approximate surface area is 126 Å². The average molecular weight is 343 g/mol. The minimum atomic E-state index is -5.27. The third kappa shape index (κ3) is 6.57. The molecule has 1 rings (SSSR count). The number of amides is 1. The van der Waals surface area contributed by atoms with Crippen LogP contribution in [0.3, 0.4) is 0 Å². The van der Waals surface area contributed by atoms with Crippen LogP contribution in [-0.2, 0) is 20.7 Å². The van der Waals surface area contributed by atoms with Crippen molar-refractivity contribution >= 4 is 11.9 Å². The van der Waals surface area contributed by atoms with Gasteiger partial charge in [-0.05, 0) is 12.0 Å². The predicted octanol–water partition coefficient (Wildman–Crippen LogP) is 2.38. The van der Waals surface area contributed by atoms with Gasteiger partial charge in [-0.25, -0.2) is 4.79 Å². The number of nitrogens with one attached hydrogen (secondary N) is 1. The van der Waals surface area contributed by atoms with Crippen LogP contribution in [0.1, 0.15) is 5.56 Å². The maximum absolute atomic E-state index is 12.2. The van der Waals surface area contributed by atoms with Crippen molar-refractivity contribution in [2.24, 2.45) is 0 Å². The molecule has 4 nitrogen and oxygen atoms in total. The Morgan fingerprint density at radius 2 is 1.57 bits per heavy atom. The van der Waals surface area contributed by atoms with Gasteiger partial charge in [-0.15, -0.1) is 0 Å². The van der Waals surface area contributed by atoms with Gasteiger partial charge in [-0.3, -0.25) is 4.79 Å². The number of esters is 1. The summed E-state index contributed by atoms with van der Waals surface area (Å²) < 4.78 is 76.7. The van der Waals surface area contributed by atoms with Crippen LogP contribution in [0, 0.1) is 0 Å². The Kier molecular flexibility index (Phi) is 5.99. The molecule has 0 aliphatic carbocycles. The molecule has 1 aromatic rings. The number of hydrogen-bond acceptors (Lipinski definition) is 3. The standard InChI is InChI=1S/C13H11F6NO3/c14-12(15,16)10(21)20-9(6-8-4-2-1-3-5-8)7-23-11(22)13(17,18)19/h1-5,9H,6-7H2,(H,20,21). The van der Waals surface area contributed by atoms with Crippen molar-refractivity contribution in [3.63, 3.8) is 0 Å². The van der Waals surface area contributed by atoms with Gasteiger partial charge in [0.2, 0.25) is 0 Å². The lowest BCUT2D eigenvalue weighted by Crippen LogP contribution is -2.47. The maximum Gasteiger partial charge on any atom is 0.490 e. The zero-order valence-electron chi connectivity index (χ0n) is 11.4. The minimum Gasteiger partial charge on any atom is -0.457 e. The number of hydrogen-bond donors (Lipinski definition) is 1. The quantitative estimate of drug-likeness (QED) is 0.660. The van der Waals surface area contributed by atoms with E-state index in [0.717, 1.165) is 0 Å². The lowest BCUT2D eigenvalue weighted by atomic mass is 10.1. The number of carbonyl (C=O) groups is 2. The molecule has 1 unspecified atom stereocenters. The summed E-state index contributed by atoms with van der Waals surface area (Å²) in [5.41, 5.74) is 0.447. The molecule has 0 radical (unpaired) electrons. The van der Waals surface area contributed by atoms with Crippen molar-refractivity contribution in [2.75, 3.05) is 6.61 Å². The van der Waals surface area contributed by atoms with Crippen molar-refractivity contribution in [1.29, 1.82) is 0 Å². The van der Waals surface area contributed by atoms with E-state index in [1.807, 2.05) is 0 Å². The molecule has 0 saturated carbocycles. The molecular formula is C13H11F6NO3.